The molecule has 11 aromatic rings. The van der Waals surface area contributed by atoms with Gasteiger partial charge in [-0.25, -0.2) is 0 Å². The van der Waals surface area contributed by atoms with Crippen LogP contribution in [0, 0.1) is 0 Å². The maximum Gasteiger partial charge on any atom is 0.0702 e. The first-order chi connectivity index (χ1) is 22.4. The first-order valence-corrected chi connectivity index (χ1v) is 15.6. The van der Waals surface area contributed by atoms with Crippen molar-refractivity contribution in [3.05, 3.63) is 152 Å². The minimum Gasteiger partial charge on any atom is -0.308 e. The van der Waals surface area contributed by atoms with Crippen LogP contribution in [-0.4, -0.2) is 13.5 Å². The smallest absolute Gasteiger partial charge is 0.0702 e. The van der Waals surface area contributed by atoms with Crippen LogP contribution in [-0.2, 0) is 0 Å². The number of para-hydroxylation sites is 7. The highest BCUT2D eigenvalue weighted by atomic mass is 15.1. The molecule has 0 saturated carbocycles. The summed E-state index contributed by atoms with van der Waals surface area (Å²) in [6.07, 6.45) is 0. The van der Waals surface area contributed by atoms with E-state index in [1.807, 2.05) is 0 Å². The molecule has 0 atom stereocenters. The molecule has 0 amide bonds. The van der Waals surface area contributed by atoms with Crippen LogP contribution in [0.25, 0.3) is 93.1 Å². The number of rotatable bonds is 2. The summed E-state index contributed by atoms with van der Waals surface area (Å²) in [4.78, 5) is 0. The summed E-state index contributed by atoms with van der Waals surface area (Å²) in [6, 6.07) is 55.6. The molecule has 7 aromatic carbocycles. The maximum atomic E-state index is 2.48. The summed E-state index contributed by atoms with van der Waals surface area (Å²) in [5.74, 6) is 0. The van der Waals surface area contributed by atoms with Gasteiger partial charge < -0.3 is 13.5 Å². The second-order valence-corrected chi connectivity index (χ2v) is 12.1. The molecule has 4 heterocycles. The molecular formula is C42H25N3. The highest BCUT2D eigenvalue weighted by Gasteiger charge is 2.23. The van der Waals surface area contributed by atoms with Gasteiger partial charge in [0, 0.05) is 43.1 Å². The van der Waals surface area contributed by atoms with Gasteiger partial charge in [-0.1, -0.05) is 103 Å². The Morgan fingerprint density at radius 3 is 1.36 bits per heavy atom. The molecule has 0 unspecified atom stereocenters. The van der Waals surface area contributed by atoms with Crippen molar-refractivity contribution < 1.29 is 0 Å². The molecule has 0 aliphatic heterocycles. The Balaban J connectivity index is 1.32. The molecule has 0 radical (unpaired) electrons. The zero-order chi connectivity index (χ0) is 29.2. The van der Waals surface area contributed by atoms with Crippen molar-refractivity contribution in [2.75, 3.05) is 0 Å². The Morgan fingerprint density at radius 2 is 0.689 bits per heavy atom. The highest BCUT2D eigenvalue weighted by Crippen LogP contribution is 2.45. The Hall–Kier alpha value is -6.06. The number of nitrogens with zero attached hydrogens (tertiary/aromatic N) is 3. The van der Waals surface area contributed by atoms with Gasteiger partial charge in [-0.15, -0.1) is 0 Å². The number of hydrogen-bond donors (Lipinski definition) is 0. The minimum absolute atomic E-state index is 1.16. The number of benzene rings is 7. The van der Waals surface area contributed by atoms with Crippen LogP contribution < -0.4 is 0 Å². The highest BCUT2D eigenvalue weighted by molar-refractivity contribution is 6.33. The predicted molar refractivity (Wildman–Crippen MR) is 190 cm³/mol. The van der Waals surface area contributed by atoms with Crippen LogP contribution >= 0.6 is 0 Å². The van der Waals surface area contributed by atoms with Gasteiger partial charge >= 0.3 is 0 Å². The van der Waals surface area contributed by atoms with Gasteiger partial charge in [0.2, 0.25) is 0 Å². The Labute approximate surface area is 257 Å². The number of aromatic nitrogens is 3. The van der Waals surface area contributed by atoms with E-state index >= 15 is 0 Å². The van der Waals surface area contributed by atoms with Gasteiger partial charge in [0.15, 0.2) is 0 Å². The predicted octanol–water partition coefficient (Wildman–Crippen LogP) is 11.0. The van der Waals surface area contributed by atoms with Gasteiger partial charge in [0.25, 0.3) is 0 Å². The number of hydrogen-bond acceptors (Lipinski definition) is 0. The largest absolute Gasteiger partial charge is 0.308 e. The van der Waals surface area contributed by atoms with E-state index in [0.29, 0.717) is 0 Å². The fourth-order valence-corrected chi connectivity index (χ4v) is 8.26. The first kappa shape index (κ1) is 23.4. The lowest BCUT2D eigenvalue weighted by atomic mass is 10.0. The maximum absolute atomic E-state index is 2.48. The third kappa shape index (κ3) is 2.82. The quantitative estimate of drug-likeness (QED) is 0.196. The molecule has 4 aromatic heterocycles. The van der Waals surface area contributed by atoms with Crippen molar-refractivity contribution in [2.24, 2.45) is 0 Å². The van der Waals surface area contributed by atoms with Crippen molar-refractivity contribution in [3.63, 3.8) is 0 Å². The van der Waals surface area contributed by atoms with Gasteiger partial charge in [0.05, 0.1) is 50.0 Å². The normalized spacial score (nSPS) is 12.4. The van der Waals surface area contributed by atoms with E-state index in [1.54, 1.807) is 0 Å². The third-order valence-corrected chi connectivity index (χ3v) is 9.97. The van der Waals surface area contributed by atoms with E-state index in [2.05, 4.69) is 165 Å². The molecule has 3 nitrogen and oxygen atoms in total. The monoisotopic (exact) mass is 571 g/mol. The molecule has 208 valence electrons. The summed E-state index contributed by atoms with van der Waals surface area (Å²) < 4.78 is 7.40. The molecule has 0 N–H and O–H groups in total. The van der Waals surface area contributed by atoms with E-state index < -0.39 is 0 Å². The van der Waals surface area contributed by atoms with Crippen molar-refractivity contribution in [3.8, 4) is 11.4 Å². The molecule has 3 heteroatoms. The standard InChI is InChI=1S/C42H25N3/c1-5-18-32-26(12-1)27-13-2-6-19-33(27)43(32)36-22-9-10-23-37(36)44-35-21-8-4-15-30(35)40-38(44)24-25-39-41(40)31-17-11-16-29-28-14-3-7-20-34(28)45(39)42(29)31/h1-25H. The zero-order valence-electron chi connectivity index (χ0n) is 24.3. The lowest BCUT2D eigenvalue weighted by molar-refractivity contribution is 1.10. The average Bonchev–Trinajstić information content (AvgIpc) is 3.82. The lowest BCUT2D eigenvalue weighted by Gasteiger charge is -2.16. The van der Waals surface area contributed by atoms with Gasteiger partial charge in [-0.2, -0.15) is 0 Å². The van der Waals surface area contributed by atoms with Crippen molar-refractivity contribution in [1.82, 2.24) is 13.5 Å². The Bertz CT molecular complexity index is 2930. The second kappa shape index (κ2) is 8.31. The molecule has 0 bridgehead atoms. The van der Waals surface area contributed by atoms with Crippen LogP contribution in [0.2, 0.25) is 0 Å². The molecule has 0 saturated heterocycles. The first-order valence-electron chi connectivity index (χ1n) is 15.6. The van der Waals surface area contributed by atoms with E-state index in [1.165, 1.54) is 81.7 Å². The second-order valence-electron chi connectivity index (χ2n) is 12.1. The molecule has 11 rings (SSSR count). The topological polar surface area (TPSA) is 14.3 Å². The van der Waals surface area contributed by atoms with Crippen molar-refractivity contribution >= 4 is 81.7 Å². The van der Waals surface area contributed by atoms with Gasteiger partial charge in [-0.05, 0) is 48.5 Å². The molecule has 0 aliphatic rings. The average molecular weight is 572 g/mol. The van der Waals surface area contributed by atoms with Crippen LogP contribution in [0.1, 0.15) is 0 Å². The Morgan fingerprint density at radius 1 is 0.267 bits per heavy atom. The van der Waals surface area contributed by atoms with Gasteiger partial charge in [0.1, 0.15) is 0 Å². The minimum atomic E-state index is 1.16. The molecule has 0 spiro atoms. The SMILES string of the molecule is c1ccc(-n2c3ccccc3c3c4c5cccc6c7ccccc7n(c4ccc32)c65)c(-n2c3ccccc3c3ccccc32)c1. The van der Waals surface area contributed by atoms with E-state index in [9.17, 15) is 0 Å². The Kier molecular flexibility index (Phi) is 4.32. The summed E-state index contributed by atoms with van der Waals surface area (Å²) in [5, 5.41) is 10.4. The van der Waals surface area contributed by atoms with Crippen molar-refractivity contribution in [2.45, 2.75) is 0 Å². The fraction of sp³-hybridized carbons (Fsp3) is 0. The summed E-state index contributed by atoms with van der Waals surface area (Å²) in [5.41, 5.74) is 11.0. The van der Waals surface area contributed by atoms with E-state index in [4.69, 9.17) is 0 Å². The molecule has 0 fully saturated rings. The van der Waals surface area contributed by atoms with Gasteiger partial charge in [-0.3, -0.25) is 0 Å². The number of fused-ring (bicyclic) bond motifs is 13. The van der Waals surface area contributed by atoms with Crippen LogP contribution in [0.5, 0.6) is 0 Å². The van der Waals surface area contributed by atoms with Crippen molar-refractivity contribution in [1.29, 1.82) is 0 Å². The van der Waals surface area contributed by atoms with Crippen LogP contribution in [0.15, 0.2) is 152 Å². The molecular weight excluding hydrogens is 546 g/mol. The van der Waals surface area contributed by atoms with E-state index in [-0.39, 0.29) is 0 Å². The summed E-state index contributed by atoms with van der Waals surface area (Å²) in [7, 11) is 0. The summed E-state index contributed by atoms with van der Waals surface area (Å²) in [6.45, 7) is 0. The summed E-state index contributed by atoms with van der Waals surface area (Å²) >= 11 is 0. The molecule has 45 heavy (non-hydrogen) atoms. The van der Waals surface area contributed by atoms with Crippen LogP contribution in [0.3, 0.4) is 0 Å². The molecule has 0 aliphatic carbocycles. The third-order valence-electron chi connectivity index (χ3n) is 9.97. The lowest BCUT2D eigenvalue weighted by Crippen LogP contribution is -2.03. The zero-order valence-corrected chi connectivity index (χ0v) is 24.3. The van der Waals surface area contributed by atoms with E-state index in [0.717, 1.165) is 11.4 Å². The van der Waals surface area contributed by atoms with Crippen LogP contribution in [0.4, 0.5) is 0 Å². The fourth-order valence-electron chi connectivity index (χ4n) is 8.26.